The molecule has 0 radical (unpaired) electrons. The third-order valence-electron chi connectivity index (χ3n) is 5.35. The van der Waals surface area contributed by atoms with Crippen LogP contribution in [-0.4, -0.2) is 22.6 Å². The van der Waals surface area contributed by atoms with E-state index in [4.69, 9.17) is 0 Å². The van der Waals surface area contributed by atoms with E-state index in [0.717, 1.165) is 19.3 Å². The van der Waals surface area contributed by atoms with E-state index in [-0.39, 0.29) is 17.5 Å². The van der Waals surface area contributed by atoms with Gasteiger partial charge in [-0.3, -0.25) is 9.36 Å². The topological polar surface area (TPSA) is 81.2 Å². The molecule has 1 heterocycles. The van der Waals surface area contributed by atoms with Crippen molar-refractivity contribution < 1.29 is 9.53 Å². The fourth-order valence-electron chi connectivity index (χ4n) is 3.70. The predicted octanol–water partition coefficient (Wildman–Crippen LogP) is 2.47. The average Bonchev–Trinajstić information content (AvgIpc) is 2.57. The number of carbonyl (C=O) groups excluding carboxylic acids is 1. The zero-order valence-corrected chi connectivity index (χ0v) is 14.2. The van der Waals surface area contributed by atoms with Crippen molar-refractivity contribution in [3.63, 3.8) is 0 Å². The van der Waals surface area contributed by atoms with Gasteiger partial charge in [-0.1, -0.05) is 26.7 Å². The molecule has 1 aromatic heterocycles. The van der Waals surface area contributed by atoms with E-state index in [2.05, 4.69) is 23.6 Å². The number of hydrogen-bond donors (Lipinski definition) is 1. The lowest BCUT2D eigenvalue weighted by Gasteiger charge is -2.34. The van der Waals surface area contributed by atoms with Crippen LogP contribution in [-0.2, 0) is 4.74 Å². The Hall–Kier alpha value is -2.37. The minimum atomic E-state index is -0.503. The minimum absolute atomic E-state index is 0.0883. The zero-order valence-electron chi connectivity index (χ0n) is 14.2. The molecule has 3 unspecified atom stereocenters. The van der Waals surface area contributed by atoms with Gasteiger partial charge in [0.15, 0.2) is 0 Å². The summed E-state index contributed by atoms with van der Waals surface area (Å²) in [4.78, 5) is 39.8. The molecule has 1 aromatic carbocycles. The van der Waals surface area contributed by atoms with Gasteiger partial charge in [0, 0.05) is 6.04 Å². The molecule has 0 bridgehead atoms. The molecule has 2 aromatic rings. The first-order valence-electron chi connectivity index (χ1n) is 8.31. The lowest BCUT2D eigenvalue weighted by molar-refractivity contribution is 0.0601. The number of nitrogens with one attached hydrogen (secondary N) is 1. The molecule has 0 aliphatic heterocycles. The summed E-state index contributed by atoms with van der Waals surface area (Å²) in [6.07, 6.45) is 2.97. The number of benzene rings is 1. The van der Waals surface area contributed by atoms with Crippen molar-refractivity contribution in [3.05, 3.63) is 44.6 Å². The Balaban J connectivity index is 2.16. The number of ether oxygens (including phenoxy) is 1. The Morgan fingerprint density at radius 3 is 2.71 bits per heavy atom. The molecule has 0 amide bonds. The molecule has 24 heavy (non-hydrogen) atoms. The number of H-pyrrole nitrogens is 1. The maximum Gasteiger partial charge on any atom is 0.337 e. The van der Waals surface area contributed by atoms with Crippen molar-refractivity contribution in [1.29, 1.82) is 0 Å². The van der Waals surface area contributed by atoms with Crippen molar-refractivity contribution in [2.45, 2.75) is 39.2 Å². The molecule has 1 aliphatic carbocycles. The standard InChI is InChI=1S/C18H22N2O4/c1-10-5-4-6-15(11(10)2)20-16(21)13-8-7-12(17(22)24-3)9-14(13)19-18(20)23/h7-11,15H,4-6H2,1-3H3,(H,19,23). The number of methoxy groups -OCH3 is 1. The smallest absolute Gasteiger partial charge is 0.337 e. The van der Waals surface area contributed by atoms with Gasteiger partial charge in [-0.25, -0.2) is 9.59 Å². The molecular formula is C18H22N2O4. The maximum absolute atomic E-state index is 12.9. The van der Waals surface area contributed by atoms with Gasteiger partial charge in [-0.05, 0) is 36.5 Å². The first-order chi connectivity index (χ1) is 11.4. The molecule has 3 atom stereocenters. The summed E-state index contributed by atoms with van der Waals surface area (Å²) >= 11 is 0. The van der Waals surface area contributed by atoms with Crippen molar-refractivity contribution in [3.8, 4) is 0 Å². The minimum Gasteiger partial charge on any atom is -0.465 e. The first kappa shape index (κ1) is 16.5. The number of hydrogen-bond acceptors (Lipinski definition) is 4. The van der Waals surface area contributed by atoms with Crippen molar-refractivity contribution in [2.75, 3.05) is 7.11 Å². The van der Waals surface area contributed by atoms with E-state index in [1.54, 1.807) is 12.1 Å². The molecule has 0 saturated heterocycles. The summed E-state index contributed by atoms with van der Waals surface area (Å²) < 4.78 is 6.04. The quantitative estimate of drug-likeness (QED) is 0.858. The van der Waals surface area contributed by atoms with Crippen LogP contribution in [0.5, 0.6) is 0 Å². The van der Waals surface area contributed by atoms with E-state index in [1.807, 2.05) is 0 Å². The summed E-state index contributed by atoms with van der Waals surface area (Å²) in [7, 11) is 1.29. The van der Waals surface area contributed by atoms with Gasteiger partial charge in [0.1, 0.15) is 0 Å². The normalized spacial score (nSPS) is 24.0. The Labute approximate surface area is 139 Å². The summed E-state index contributed by atoms with van der Waals surface area (Å²) in [5.74, 6) is 0.244. The molecule has 1 N–H and O–H groups in total. The largest absolute Gasteiger partial charge is 0.465 e. The van der Waals surface area contributed by atoms with Gasteiger partial charge in [-0.2, -0.15) is 0 Å². The fraction of sp³-hybridized carbons (Fsp3) is 0.500. The predicted molar refractivity (Wildman–Crippen MR) is 91.4 cm³/mol. The first-order valence-corrected chi connectivity index (χ1v) is 8.31. The van der Waals surface area contributed by atoms with Crippen LogP contribution in [0.15, 0.2) is 27.8 Å². The third kappa shape index (κ3) is 2.66. The second kappa shape index (κ2) is 6.26. The van der Waals surface area contributed by atoms with Crippen LogP contribution in [0.4, 0.5) is 0 Å². The van der Waals surface area contributed by atoms with Crippen molar-refractivity contribution in [1.82, 2.24) is 9.55 Å². The Morgan fingerprint density at radius 1 is 1.25 bits per heavy atom. The van der Waals surface area contributed by atoms with Gasteiger partial charge in [0.05, 0.1) is 23.6 Å². The number of aromatic amines is 1. The monoisotopic (exact) mass is 330 g/mol. The van der Waals surface area contributed by atoms with Crippen LogP contribution >= 0.6 is 0 Å². The Morgan fingerprint density at radius 2 is 2.00 bits per heavy atom. The molecule has 0 spiro atoms. The molecule has 1 fully saturated rings. The van der Waals surface area contributed by atoms with Crippen LogP contribution in [0.1, 0.15) is 49.5 Å². The number of esters is 1. The summed E-state index contributed by atoms with van der Waals surface area (Å²) in [6, 6.07) is 4.52. The van der Waals surface area contributed by atoms with E-state index in [0.29, 0.717) is 22.4 Å². The summed E-state index contributed by atoms with van der Waals surface area (Å²) in [5, 5.41) is 0.410. The molecule has 1 saturated carbocycles. The highest BCUT2D eigenvalue weighted by Crippen LogP contribution is 2.36. The van der Waals surface area contributed by atoms with Gasteiger partial charge < -0.3 is 9.72 Å². The van der Waals surface area contributed by atoms with Crippen LogP contribution in [0.3, 0.4) is 0 Å². The number of carbonyl (C=O) groups is 1. The second-order valence-electron chi connectivity index (χ2n) is 6.69. The maximum atomic E-state index is 12.9. The van der Waals surface area contributed by atoms with Gasteiger partial charge in [-0.15, -0.1) is 0 Å². The summed E-state index contributed by atoms with van der Waals surface area (Å²) in [5.41, 5.74) is -0.0466. The lowest BCUT2D eigenvalue weighted by Crippen LogP contribution is -2.42. The van der Waals surface area contributed by atoms with Gasteiger partial charge >= 0.3 is 11.7 Å². The molecule has 6 nitrogen and oxygen atoms in total. The van der Waals surface area contributed by atoms with Gasteiger partial charge in [0.2, 0.25) is 0 Å². The van der Waals surface area contributed by atoms with Crippen LogP contribution in [0.25, 0.3) is 10.9 Å². The van der Waals surface area contributed by atoms with Crippen LogP contribution in [0, 0.1) is 11.8 Å². The molecule has 128 valence electrons. The van der Waals surface area contributed by atoms with Crippen molar-refractivity contribution in [2.24, 2.45) is 11.8 Å². The highest BCUT2D eigenvalue weighted by Gasteiger charge is 2.30. The number of aromatic nitrogens is 2. The van der Waals surface area contributed by atoms with Gasteiger partial charge in [0.25, 0.3) is 5.56 Å². The third-order valence-corrected chi connectivity index (χ3v) is 5.35. The number of nitrogens with zero attached hydrogens (tertiary/aromatic N) is 1. The highest BCUT2D eigenvalue weighted by molar-refractivity contribution is 5.93. The van der Waals surface area contributed by atoms with E-state index in [9.17, 15) is 14.4 Å². The highest BCUT2D eigenvalue weighted by atomic mass is 16.5. The van der Waals surface area contributed by atoms with E-state index in [1.165, 1.54) is 17.7 Å². The van der Waals surface area contributed by atoms with E-state index >= 15 is 0 Å². The molecule has 3 rings (SSSR count). The SMILES string of the molecule is COC(=O)c1ccc2c(=O)n(C3CCCC(C)C3C)c(=O)[nH]c2c1. The lowest BCUT2D eigenvalue weighted by atomic mass is 9.78. The zero-order chi connectivity index (χ0) is 17.4. The summed E-state index contributed by atoms with van der Waals surface area (Å²) in [6.45, 7) is 4.27. The molecular weight excluding hydrogens is 308 g/mol. The molecule has 6 heteroatoms. The van der Waals surface area contributed by atoms with E-state index < -0.39 is 11.7 Å². The number of rotatable bonds is 2. The van der Waals surface area contributed by atoms with Crippen molar-refractivity contribution >= 4 is 16.9 Å². The van der Waals surface area contributed by atoms with Crippen LogP contribution < -0.4 is 11.2 Å². The fourth-order valence-corrected chi connectivity index (χ4v) is 3.70. The number of fused-ring (bicyclic) bond motifs is 1. The van der Waals surface area contributed by atoms with Crippen LogP contribution in [0.2, 0.25) is 0 Å². The Kier molecular flexibility index (Phi) is 4.30. The molecule has 1 aliphatic rings. The Bertz CT molecular complexity index is 896. The second-order valence-corrected chi connectivity index (χ2v) is 6.69. The average molecular weight is 330 g/mol.